The molecular formula is C14H17N3O2. The summed E-state index contributed by atoms with van der Waals surface area (Å²) in [5.41, 5.74) is 2.52. The molecule has 1 saturated heterocycles. The maximum absolute atomic E-state index is 9.78. The van der Waals surface area contributed by atoms with Gasteiger partial charge >= 0.3 is 0 Å². The van der Waals surface area contributed by atoms with Crippen LogP contribution in [0.5, 0.6) is 5.75 Å². The second kappa shape index (κ2) is 4.66. The fourth-order valence-electron chi connectivity index (χ4n) is 2.47. The van der Waals surface area contributed by atoms with Crippen molar-refractivity contribution in [2.45, 2.75) is 32.7 Å². The Morgan fingerprint density at radius 2 is 2.05 bits per heavy atom. The van der Waals surface area contributed by atoms with E-state index < -0.39 is 0 Å². The Balaban J connectivity index is 1.94. The molecule has 0 saturated carbocycles. The van der Waals surface area contributed by atoms with E-state index >= 15 is 0 Å². The first-order chi connectivity index (χ1) is 9.15. The molecule has 2 aromatic rings. The van der Waals surface area contributed by atoms with Crippen molar-refractivity contribution in [2.75, 3.05) is 6.54 Å². The molecule has 1 aromatic heterocycles. The first-order valence-corrected chi connectivity index (χ1v) is 6.52. The summed E-state index contributed by atoms with van der Waals surface area (Å²) in [6.07, 6.45) is 2.18. The summed E-state index contributed by atoms with van der Waals surface area (Å²) in [4.78, 5) is 4.45. The second-order valence-corrected chi connectivity index (χ2v) is 5.06. The van der Waals surface area contributed by atoms with E-state index in [9.17, 15) is 5.11 Å². The Morgan fingerprint density at radius 1 is 1.32 bits per heavy atom. The van der Waals surface area contributed by atoms with Crippen molar-refractivity contribution < 1.29 is 9.63 Å². The van der Waals surface area contributed by atoms with Gasteiger partial charge in [0.05, 0.1) is 6.04 Å². The Hall–Kier alpha value is -1.88. The molecule has 1 fully saturated rings. The lowest BCUT2D eigenvalue weighted by Gasteiger charge is -2.05. The van der Waals surface area contributed by atoms with Crippen molar-refractivity contribution >= 4 is 0 Å². The lowest BCUT2D eigenvalue weighted by atomic mass is 10.1. The summed E-state index contributed by atoms with van der Waals surface area (Å²) in [5, 5.41) is 17.1. The highest BCUT2D eigenvalue weighted by atomic mass is 16.5. The fraction of sp³-hybridized carbons (Fsp3) is 0.429. The highest BCUT2D eigenvalue weighted by molar-refractivity contribution is 5.60. The number of hydrogen-bond acceptors (Lipinski definition) is 5. The Labute approximate surface area is 111 Å². The second-order valence-electron chi connectivity index (χ2n) is 5.06. The predicted octanol–water partition coefficient (Wildman–Crippen LogP) is 2.48. The number of nitrogens with one attached hydrogen (secondary N) is 1. The van der Waals surface area contributed by atoms with Crippen LogP contribution in [0.25, 0.3) is 11.4 Å². The van der Waals surface area contributed by atoms with Crippen molar-refractivity contribution in [3.63, 3.8) is 0 Å². The van der Waals surface area contributed by atoms with Gasteiger partial charge in [-0.1, -0.05) is 5.16 Å². The van der Waals surface area contributed by atoms with Crippen LogP contribution in [-0.4, -0.2) is 21.8 Å². The van der Waals surface area contributed by atoms with Crippen LogP contribution >= 0.6 is 0 Å². The summed E-state index contributed by atoms with van der Waals surface area (Å²) in [7, 11) is 0. The minimum atomic E-state index is 0.181. The van der Waals surface area contributed by atoms with Crippen LogP contribution in [-0.2, 0) is 0 Å². The van der Waals surface area contributed by atoms with Crippen LogP contribution in [0.1, 0.15) is 35.9 Å². The van der Waals surface area contributed by atoms with Crippen LogP contribution in [0.15, 0.2) is 16.7 Å². The van der Waals surface area contributed by atoms with Crippen LogP contribution in [0.4, 0.5) is 0 Å². The number of hydrogen-bond donors (Lipinski definition) is 2. The lowest BCUT2D eigenvalue weighted by molar-refractivity contribution is 0.345. The number of aryl methyl sites for hydroxylation is 2. The molecule has 1 aliphatic rings. The van der Waals surface area contributed by atoms with Gasteiger partial charge in [0.15, 0.2) is 0 Å². The third-order valence-electron chi connectivity index (χ3n) is 3.55. The average Bonchev–Trinajstić information content (AvgIpc) is 3.05. The highest BCUT2D eigenvalue weighted by Crippen LogP contribution is 2.29. The number of phenolic OH excluding ortho intramolecular Hbond substituents is 1. The molecule has 0 radical (unpaired) electrons. The predicted molar refractivity (Wildman–Crippen MR) is 70.9 cm³/mol. The number of benzene rings is 1. The zero-order valence-electron chi connectivity index (χ0n) is 11.1. The number of nitrogens with zero attached hydrogens (tertiary/aromatic N) is 2. The number of aromatic nitrogens is 2. The zero-order valence-corrected chi connectivity index (χ0v) is 11.1. The molecule has 2 N–H and O–H groups in total. The molecule has 5 nitrogen and oxygen atoms in total. The molecule has 1 unspecified atom stereocenters. The third kappa shape index (κ3) is 2.21. The maximum Gasteiger partial charge on any atom is 0.244 e. The summed E-state index contributed by atoms with van der Waals surface area (Å²) in [5.74, 6) is 1.55. The summed E-state index contributed by atoms with van der Waals surface area (Å²) in [6.45, 7) is 4.73. The molecule has 0 spiro atoms. The van der Waals surface area contributed by atoms with Crippen molar-refractivity contribution in [2.24, 2.45) is 0 Å². The van der Waals surface area contributed by atoms with Gasteiger partial charge in [-0.3, -0.25) is 0 Å². The van der Waals surface area contributed by atoms with E-state index in [-0.39, 0.29) is 6.04 Å². The van der Waals surface area contributed by atoms with E-state index in [0.29, 0.717) is 17.5 Å². The Morgan fingerprint density at radius 3 is 2.68 bits per heavy atom. The first kappa shape index (κ1) is 12.2. The van der Waals surface area contributed by atoms with Gasteiger partial charge in [-0.05, 0) is 56.5 Å². The molecular weight excluding hydrogens is 242 g/mol. The van der Waals surface area contributed by atoms with Crippen LogP contribution in [0.2, 0.25) is 0 Å². The zero-order chi connectivity index (χ0) is 13.4. The van der Waals surface area contributed by atoms with Crippen LogP contribution in [0, 0.1) is 13.8 Å². The molecule has 5 heteroatoms. The lowest BCUT2D eigenvalue weighted by Crippen LogP contribution is -2.12. The van der Waals surface area contributed by atoms with Gasteiger partial charge in [0.2, 0.25) is 11.7 Å². The van der Waals surface area contributed by atoms with Crippen LogP contribution in [0.3, 0.4) is 0 Å². The number of aromatic hydroxyl groups is 1. The largest absolute Gasteiger partial charge is 0.507 e. The minimum Gasteiger partial charge on any atom is -0.507 e. The maximum atomic E-state index is 9.78. The molecule has 19 heavy (non-hydrogen) atoms. The third-order valence-corrected chi connectivity index (χ3v) is 3.55. The molecule has 0 aliphatic carbocycles. The van der Waals surface area contributed by atoms with E-state index in [4.69, 9.17) is 4.52 Å². The quantitative estimate of drug-likeness (QED) is 0.867. The summed E-state index contributed by atoms with van der Waals surface area (Å²) >= 11 is 0. The fourth-order valence-corrected chi connectivity index (χ4v) is 2.47. The van der Waals surface area contributed by atoms with Crippen molar-refractivity contribution in [3.05, 3.63) is 29.2 Å². The van der Waals surface area contributed by atoms with Gasteiger partial charge in [0, 0.05) is 5.56 Å². The van der Waals surface area contributed by atoms with Gasteiger partial charge in [-0.2, -0.15) is 4.98 Å². The normalized spacial score (nSPS) is 18.9. The van der Waals surface area contributed by atoms with Gasteiger partial charge in [-0.15, -0.1) is 0 Å². The molecule has 0 bridgehead atoms. The van der Waals surface area contributed by atoms with Crippen molar-refractivity contribution in [3.8, 4) is 17.1 Å². The van der Waals surface area contributed by atoms with E-state index in [1.54, 1.807) is 0 Å². The molecule has 3 rings (SSSR count). The monoisotopic (exact) mass is 259 g/mol. The Kier molecular flexibility index (Phi) is 2.98. The molecule has 2 heterocycles. The number of rotatable bonds is 2. The standard InChI is InChI=1S/C14H17N3O2/c1-8-6-10(7-9(2)12(8)18)13-16-14(19-17-13)11-4-3-5-15-11/h6-7,11,15,18H,3-5H2,1-2H3. The van der Waals surface area contributed by atoms with Gasteiger partial charge in [0.1, 0.15) is 5.75 Å². The highest BCUT2D eigenvalue weighted by Gasteiger charge is 2.22. The molecule has 100 valence electrons. The topological polar surface area (TPSA) is 71.2 Å². The molecule has 0 amide bonds. The molecule has 1 atom stereocenters. The molecule has 1 aliphatic heterocycles. The summed E-state index contributed by atoms with van der Waals surface area (Å²) in [6, 6.07) is 3.93. The SMILES string of the molecule is Cc1cc(-c2noc(C3CCCN3)n2)cc(C)c1O. The van der Waals surface area contributed by atoms with Gasteiger partial charge in [-0.25, -0.2) is 0 Å². The van der Waals surface area contributed by atoms with Crippen LogP contribution < -0.4 is 5.32 Å². The molecule has 1 aromatic carbocycles. The van der Waals surface area contributed by atoms with E-state index in [0.717, 1.165) is 36.1 Å². The number of phenols is 1. The van der Waals surface area contributed by atoms with Crippen molar-refractivity contribution in [1.82, 2.24) is 15.5 Å². The smallest absolute Gasteiger partial charge is 0.244 e. The van der Waals surface area contributed by atoms with E-state index in [2.05, 4.69) is 15.5 Å². The van der Waals surface area contributed by atoms with Gasteiger partial charge < -0.3 is 14.9 Å². The van der Waals surface area contributed by atoms with Crippen molar-refractivity contribution in [1.29, 1.82) is 0 Å². The average molecular weight is 259 g/mol. The van der Waals surface area contributed by atoms with E-state index in [1.165, 1.54) is 0 Å². The minimum absolute atomic E-state index is 0.181. The van der Waals surface area contributed by atoms with E-state index in [1.807, 2.05) is 26.0 Å². The first-order valence-electron chi connectivity index (χ1n) is 6.52. The van der Waals surface area contributed by atoms with Gasteiger partial charge in [0.25, 0.3) is 0 Å². The Bertz CT molecular complexity index is 577. The summed E-state index contributed by atoms with van der Waals surface area (Å²) < 4.78 is 5.33.